The van der Waals surface area contributed by atoms with Gasteiger partial charge >= 0.3 is 0 Å². The third-order valence-corrected chi connectivity index (χ3v) is 2.89. The van der Waals surface area contributed by atoms with Crippen LogP contribution in [0.2, 0.25) is 0 Å². The average molecular weight is 253 g/mol. The molecule has 1 aromatic heterocycles. The van der Waals surface area contributed by atoms with Crippen molar-refractivity contribution in [3.05, 3.63) is 60.0 Å². The fourth-order valence-corrected chi connectivity index (χ4v) is 1.88. The zero-order chi connectivity index (χ0) is 13.1. The van der Waals surface area contributed by atoms with Crippen molar-refractivity contribution in [2.45, 2.75) is 6.61 Å². The van der Waals surface area contributed by atoms with Gasteiger partial charge in [-0.2, -0.15) is 0 Å². The summed E-state index contributed by atoms with van der Waals surface area (Å²) in [4.78, 5) is 10.7. The predicted molar refractivity (Wildman–Crippen MR) is 70.2 cm³/mol. The maximum atomic E-state index is 10.7. The normalized spacial score (nSPS) is 10.5. The molecule has 0 saturated carbocycles. The van der Waals surface area contributed by atoms with E-state index in [0.29, 0.717) is 17.6 Å². The molecule has 2 aromatic carbocycles. The highest BCUT2D eigenvalue weighted by molar-refractivity contribution is 5.83. The molecule has 0 radical (unpaired) electrons. The van der Waals surface area contributed by atoms with Crippen LogP contribution >= 0.6 is 0 Å². The minimum Gasteiger partial charge on any atom is -0.486 e. The second kappa shape index (κ2) is 4.94. The lowest BCUT2D eigenvalue weighted by molar-refractivity contribution is 0.111. The van der Waals surface area contributed by atoms with Crippen molar-refractivity contribution in [2.75, 3.05) is 0 Å². The van der Waals surface area contributed by atoms with Gasteiger partial charge in [0.25, 0.3) is 0 Å². The molecule has 4 heteroatoms. The van der Waals surface area contributed by atoms with Crippen molar-refractivity contribution >= 4 is 17.1 Å². The van der Waals surface area contributed by atoms with Gasteiger partial charge in [0, 0.05) is 0 Å². The summed E-state index contributed by atoms with van der Waals surface area (Å²) in [5.41, 5.74) is 0.417. The Bertz CT molecular complexity index is 718. The highest BCUT2D eigenvalue weighted by Gasteiger charge is 2.08. The zero-order valence-corrected chi connectivity index (χ0v) is 10.1. The molecule has 0 saturated heterocycles. The number of fused-ring (bicyclic) bond motifs is 1. The molecule has 19 heavy (non-hydrogen) atoms. The van der Waals surface area contributed by atoms with Gasteiger partial charge in [-0.25, -0.2) is 0 Å². The molecule has 0 N–H and O–H groups in total. The molecule has 1 heterocycles. The number of rotatable bonds is 4. The molecule has 94 valence electrons. The largest absolute Gasteiger partial charge is 0.486 e. The van der Waals surface area contributed by atoms with Gasteiger partial charge in [0.15, 0.2) is 12.0 Å². The van der Waals surface area contributed by atoms with Crippen LogP contribution in [0.1, 0.15) is 16.1 Å². The Kier molecular flexibility index (Phi) is 2.98. The maximum absolute atomic E-state index is 10.7. The van der Waals surface area contributed by atoms with Gasteiger partial charge in [-0.15, -0.1) is 0 Å². The van der Waals surface area contributed by atoms with Gasteiger partial charge < -0.3 is 9.26 Å². The van der Waals surface area contributed by atoms with E-state index >= 15 is 0 Å². The van der Waals surface area contributed by atoms with Crippen LogP contribution in [0, 0.1) is 0 Å². The van der Waals surface area contributed by atoms with E-state index in [1.165, 1.54) is 6.20 Å². The smallest absolute Gasteiger partial charge is 0.184 e. The van der Waals surface area contributed by atoms with Crippen molar-refractivity contribution in [3.8, 4) is 5.75 Å². The van der Waals surface area contributed by atoms with E-state index in [1.54, 1.807) is 0 Å². The van der Waals surface area contributed by atoms with Crippen molar-refractivity contribution in [1.82, 2.24) is 5.16 Å². The quantitative estimate of drug-likeness (QED) is 0.670. The molecule has 0 unspecified atom stereocenters. The summed E-state index contributed by atoms with van der Waals surface area (Å²) in [7, 11) is 0. The van der Waals surface area contributed by atoms with E-state index in [0.717, 1.165) is 16.5 Å². The van der Waals surface area contributed by atoms with E-state index < -0.39 is 0 Å². The van der Waals surface area contributed by atoms with Gasteiger partial charge in [0.1, 0.15) is 12.4 Å². The van der Waals surface area contributed by atoms with E-state index in [4.69, 9.17) is 9.26 Å². The molecule has 0 aliphatic heterocycles. The number of nitrogens with zero attached hydrogens (tertiary/aromatic N) is 1. The van der Waals surface area contributed by atoms with Crippen LogP contribution in [0.15, 0.2) is 53.2 Å². The summed E-state index contributed by atoms with van der Waals surface area (Å²) in [6.45, 7) is 0.187. The predicted octanol–water partition coefficient (Wildman–Crippen LogP) is 3.22. The number of carbonyl (C=O) groups is 1. The summed E-state index contributed by atoms with van der Waals surface area (Å²) in [6, 6.07) is 13.9. The first-order valence-corrected chi connectivity index (χ1v) is 5.87. The molecule has 0 aliphatic carbocycles. The van der Waals surface area contributed by atoms with Crippen molar-refractivity contribution in [2.24, 2.45) is 0 Å². The van der Waals surface area contributed by atoms with Gasteiger partial charge in [-0.1, -0.05) is 35.5 Å². The molecule has 4 nitrogen and oxygen atoms in total. The van der Waals surface area contributed by atoms with E-state index in [2.05, 4.69) is 5.16 Å². The number of benzene rings is 2. The number of hydrogen-bond donors (Lipinski definition) is 0. The minimum atomic E-state index is 0.187. The van der Waals surface area contributed by atoms with Gasteiger partial charge in [-0.3, -0.25) is 4.79 Å². The van der Waals surface area contributed by atoms with E-state index in [-0.39, 0.29) is 6.61 Å². The highest BCUT2D eigenvalue weighted by Crippen LogP contribution is 2.21. The topological polar surface area (TPSA) is 52.3 Å². The molecule has 3 aromatic rings. The third-order valence-electron chi connectivity index (χ3n) is 2.89. The molecule has 0 fully saturated rings. The monoisotopic (exact) mass is 253 g/mol. The van der Waals surface area contributed by atoms with Crippen molar-refractivity contribution in [1.29, 1.82) is 0 Å². The summed E-state index contributed by atoms with van der Waals surface area (Å²) in [6.07, 6.45) is 2.08. The zero-order valence-electron chi connectivity index (χ0n) is 10.1. The molecule has 0 atom stereocenters. The fourth-order valence-electron chi connectivity index (χ4n) is 1.88. The Morgan fingerprint density at radius 1 is 1.16 bits per heavy atom. The van der Waals surface area contributed by atoms with Crippen LogP contribution in [0.25, 0.3) is 10.8 Å². The number of aldehydes is 1. The van der Waals surface area contributed by atoms with E-state index in [9.17, 15) is 4.79 Å². The van der Waals surface area contributed by atoms with Crippen molar-refractivity contribution < 1.29 is 14.1 Å². The lowest BCUT2D eigenvalue weighted by atomic mass is 10.1. The second-order valence-corrected chi connectivity index (χ2v) is 4.12. The third kappa shape index (κ3) is 2.33. The minimum absolute atomic E-state index is 0.187. The number of hydrogen-bond acceptors (Lipinski definition) is 4. The Balaban J connectivity index is 1.80. The SMILES string of the molecule is O=Cc1cnoc1COc1ccc2ccccc2c1. The van der Waals surface area contributed by atoms with Crippen LogP contribution in [0.5, 0.6) is 5.75 Å². The molecule has 0 amide bonds. The standard InChI is InChI=1S/C15H11NO3/c17-9-13-8-16-19-15(13)10-18-14-6-5-11-3-1-2-4-12(11)7-14/h1-9H,10H2. The second-order valence-electron chi connectivity index (χ2n) is 4.12. The first-order valence-electron chi connectivity index (χ1n) is 5.87. The van der Waals surface area contributed by atoms with Gasteiger partial charge in [0.05, 0.1) is 11.8 Å². The number of carbonyl (C=O) groups excluding carboxylic acids is 1. The molecular weight excluding hydrogens is 242 g/mol. The Morgan fingerprint density at radius 2 is 2.00 bits per heavy atom. The Morgan fingerprint density at radius 3 is 2.84 bits per heavy atom. The average Bonchev–Trinajstić information content (AvgIpc) is 2.92. The van der Waals surface area contributed by atoms with Crippen molar-refractivity contribution in [3.63, 3.8) is 0 Å². The molecule has 3 rings (SSSR count). The number of ether oxygens (including phenoxy) is 1. The molecule has 0 bridgehead atoms. The van der Waals surface area contributed by atoms with Crippen LogP contribution in [-0.2, 0) is 6.61 Å². The van der Waals surface area contributed by atoms with E-state index in [1.807, 2.05) is 42.5 Å². The summed E-state index contributed by atoms with van der Waals surface area (Å²) < 4.78 is 10.6. The summed E-state index contributed by atoms with van der Waals surface area (Å²) in [5.74, 6) is 1.16. The molecule has 0 aliphatic rings. The van der Waals surface area contributed by atoms with Crippen LogP contribution in [-0.4, -0.2) is 11.4 Å². The first kappa shape index (κ1) is 11.5. The summed E-state index contributed by atoms with van der Waals surface area (Å²) in [5, 5.41) is 5.83. The van der Waals surface area contributed by atoms with Crippen LogP contribution in [0.3, 0.4) is 0 Å². The van der Waals surface area contributed by atoms with Crippen LogP contribution < -0.4 is 4.74 Å². The molecule has 0 spiro atoms. The van der Waals surface area contributed by atoms with Gasteiger partial charge in [-0.05, 0) is 22.9 Å². The molecular formula is C15H11NO3. The first-order chi connectivity index (χ1) is 9.36. The van der Waals surface area contributed by atoms with Crippen LogP contribution in [0.4, 0.5) is 0 Å². The Labute approximate surface area is 109 Å². The highest BCUT2D eigenvalue weighted by atomic mass is 16.5. The lowest BCUT2D eigenvalue weighted by Gasteiger charge is -2.05. The number of aromatic nitrogens is 1. The lowest BCUT2D eigenvalue weighted by Crippen LogP contribution is -1.96. The van der Waals surface area contributed by atoms with Gasteiger partial charge in [0.2, 0.25) is 0 Å². The summed E-state index contributed by atoms with van der Waals surface area (Å²) >= 11 is 0. The maximum Gasteiger partial charge on any atom is 0.184 e. The Hall–Kier alpha value is -2.62. The fraction of sp³-hybridized carbons (Fsp3) is 0.0667.